The van der Waals surface area contributed by atoms with Crippen LogP contribution in [-0.2, 0) is 0 Å². The van der Waals surface area contributed by atoms with Gasteiger partial charge in [0.2, 0.25) is 0 Å². The van der Waals surface area contributed by atoms with E-state index in [1.165, 1.54) is 6.42 Å². The van der Waals surface area contributed by atoms with Crippen molar-refractivity contribution < 1.29 is 10.2 Å². The third-order valence-corrected chi connectivity index (χ3v) is 5.21. The molecule has 1 fully saturated rings. The number of fused-ring (bicyclic) bond motifs is 1. The molecule has 0 aromatic rings. The van der Waals surface area contributed by atoms with Crippen LogP contribution in [0.2, 0.25) is 0 Å². The van der Waals surface area contributed by atoms with Crippen molar-refractivity contribution in [2.75, 3.05) is 6.61 Å². The lowest BCUT2D eigenvalue weighted by molar-refractivity contribution is 0.0109. The molecule has 2 aliphatic rings. The molecule has 1 saturated carbocycles. The van der Waals surface area contributed by atoms with Crippen molar-refractivity contribution in [1.29, 1.82) is 0 Å². The van der Waals surface area contributed by atoms with Gasteiger partial charge in [0.15, 0.2) is 0 Å². The van der Waals surface area contributed by atoms with E-state index in [1.54, 1.807) is 0 Å². The Morgan fingerprint density at radius 3 is 2.71 bits per heavy atom. The maximum Gasteiger partial charge on any atom is 0.0641 e. The molecule has 0 radical (unpaired) electrons. The van der Waals surface area contributed by atoms with Crippen LogP contribution in [-0.4, -0.2) is 22.9 Å². The minimum absolute atomic E-state index is 0.0336. The second-order valence-corrected chi connectivity index (χ2v) is 6.52. The van der Waals surface area contributed by atoms with Crippen molar-refractivity contribution in [1.82, 2.24) is 0 Å². The van der Waals surface area contributed by atoms with Crippen molar-refractivity contribution in [2.24, 2.45) is 23.2 Å². The summed E-state index contributed by atoms with van der Waals surface area (Å²) in [6.07, 6.45) is 6.07. The first-order valence-corrected chi connectivity index (χ1v) is 6.97. The van der Waals surface area contributed by atoms with Crippen molar-refractivity contribution in [3.8, 4) is 0 Å². The molecule has 0 bridgehead atoms. The molecular weight excluding hydrogens is 212 g/mol. The third-order valence-electron chi connectivity index (χ3n) is 5.21. The number of hydrogen-bond acceptors (Lipinski definition) is 2. The molecule has 17 heavy (non-hydrogen) atoms. The maximum absolute atomic E-state index is 10.4. The third kappa shape index (κ3) is 2.17. The first-order chi connectivity index (χ1) is 7.99. The van der Waals surface area contributed by atoms with Gasteiger partial charge in [-0.2, -0.15) is 0 Å². The topological polar surface area (TPSA) is 40.5 Å². The van der Waals surface area contributed by atoms with Gasteiger partial charge in [0, 0.05) is 5.41 Å². The van der Waals surface area contributed by atoms with Gasteiger partial charge in [-0.05, 0) is 49.0 Å². The fourth-order valence-corrected chi connectivity index (χ4v) is 3.88. The minimum atomic E-state index is -0.212. The Kier molecular flexibility index (Phi) is 3.65. The Bertz CT molecular complexity index is 308. The van der Waals surface area contributed by atoms with Gasteiger partial charge in [0.25, 0.3) is 0 Å². The highest BCUT2D eigenvalue weighted by molar-refractivity contribution is 5.16. The summed E-state index contributed by atoms with van der Waals surface area (Å²) in [6.45, 7) is 6.95. The lowest BCUT2D eigenvalue weighted by Crippen LogP contribution is -2.36. The van der Waals surface area contributed by atoms with Crippen LogP contribution in [0, 0.1) is 23.2 Å². The summed E-state index contributed by atoms with van der Waals surface area (Å²) >= 11 is 0. The number of hydrogen-bond donors (Lipinski definition) is 2. The van der Waals surface area contributed by atoms with Gasteiger partial charge >= 0.3 is 0 Å². The van der Waals surface area contributed by atoms with E-state index in [2.05, 4.69) is 26.8 Å². The van der Waals surface area contributed by atoms with Crippen LogP contribution in [0.5, 0.6) is 0 Å². The van der Waals surface area contributed by atoms with Gasteiger partial charge in [-0.3, -0.25) is 0 Å². The summed E-state index contributed by atoms with van der Waals surface area (Å²) in [6, 6.07) is 0. The molecule has 0 unspecified atom stereocenters. The van der Waals surface area contributed by atoms with Crippen LogP contribution in [0.1, 0.15) is 46.5 Å². The largest absolute Gasteiger partial charge is 0.393 e. The average Bonchev–Trinajstić information content (AvgIpc) is 2.57. The normalized spacial score (nSPS) is 42.2. The van der Waals surface area contributed by atoms with Crippen molar-refractivity contribution >= 4 is 0 Å². The smallest absolute Gasteiger partial charge is 0.0641 e. The predicted molar refractivity (Wildman–Crippen MR) is 69.6 cm³/mol. The van der Waals surface area contributed by atoms with Crippen molar-refractivity contribution in [3.05, 3.63) is 11.6 Å². The SMILES string of the molecule is CC(C)[C@H]1CC[C@]2(C)[C@H](O)CCC(CO)=C[C@H]12. The van der Waals surface area contributed by atoms with E-state index in [0.29, 0.717) is 17.8 Å². The molecule has 0 saturated heterocycles. The summed E-state index contributed by atoms with van der Waals surface area (Å²) in [5.74, 6) is 1.76. The molecule has 0 amide bonds. The molecule has 2 nitrogen and oxygen atoms in total. The van der Waals surface area contributed by atoms with E-state index in [9.17, 15) is 10.2 Å². The Hall–Kier alpha value is -0.340. The standard InChI is InChI=1S/C15H26O2/c1-10(2)12-6-7-15(3)13(12)8-11(9-16)4-5-14(15)17/h8,10,12-14,16-17H,4-7,9H2,1-3H3/t12-,13-,14-,15+/m1/s1. The zero-order chi connectivity index (χ0) is 12.6. The van der Waals surface area contributed by atoms with Gasteiger partial charge < -0.3 is 10.2 Å². The average molecular weight is 238 g/mol. The lowest BCUT2D eigenvalue weighted by Gasteiger charge is -2.36. The Labute approximate surface area is 105 Å². The zero-order valence-electron chi connectivity index (χ0n) is 11.3. The monoisotopic (exact) mass is 238 g/mol. The second-order valence-electron chi connectivity index (χ2n) is 6.52. The van der Waals surface area contributed by atoms with Crippen LogP contribution >= 0.6 is 0 Å². The van der Waals surface area contributed by atoms with Crippen LogP contribution in [0.3, 0.4) is 0 Å². The molecule has 2 heteroatoms. The van der Waals surface area contributed by atoms with E-state index >= 15 is 0 Å². The summed E-state index contributed by atoms with van der Waals surface area (Å²) in [4.78, 5) is 0. The van der Waals surface area contributed by atoms with E-state index in [4.69, 9.17) is 0 Å². The van der Waals surface area contributed by atoms with Gasteiger partial charge in [-0.15, -0.1) is 0 Å². The molecule has 0 aromatic heterocycles. The van der Waals surface area contributed by atoms with E-state index < -0.39 is 0 Å². The molecule has 2 aliphatic carbocycles. The number of rotatable bonds is 2. The van der Waals surface area contributed by atoms with Crippen LogP contribution in [0.25, 0.3) is 0 Å². The van der Waals surface area contributed by atoms with Crippen molar-refractivity contribution in [3.63, 3.8) is 0 Å². The van der Waals surface area contributed by atoms with Crippen LogP contribution < -0.4 is 0 Å². The van der Waals surface area contributed by atoms with E-state index in [0.717, 1.165) is 24.8 Å². The van der Waals surface area contributed by atoms with Crippen LogP contribution in [0.15, 0.2) is 11.6 Å². The highest BCUT2D eigenvalue weighted by atomic mass is 16.3. The molecule has 98 valence electrons. The molecule has 2 rings (SSSR count). The van der Waals surface area contributed by atoms with Gasteiger partial charge in [0.1, 0.15) is 0 Å². The summed E-state index contributed by atoms with van der Waals surface area (Å²) in [7, 11) is 0. The molecule has 0 heterocycles. The quantitative estimate of drug-likeness (QED) is 0.726. The Balaban J connectivity index is 2.33. The summed E-state index contributed by atoms with van der Waals surface area (Å²) < 4.78 is 0. The molecular formula is C15H26O2. The molecule has 2 N–H and O–H groups in total. The van der Waals surface area contributed by atoms with Gasteiger partial charge in [0.05, 0.1) is 12.7 Å². The summed E-state index contributed by atoms with van der Waals surface area (Å²) in [5, 5.41) is 19.8. The predicted octanol–water partition coefficient (Wildman–Crippen LogP) is 2.75. The first-order valence-electron chi connectivity index (χ1n) is 6.97. The van der Waals surface area contributed by atoms with Gasteiger partial charge in [-0.25, -0.2) is 0 Å². The summed E-state index contributed by atoms with van der Waals surface area (Å²) in [5.41, 5.74) is 1.16. The van der Waals surface area contributed by atoms with Gasteiger partial charge in [-0.1, -0.05) is 26.8 Å². The zero-order valence-corrected chi connectivity index (χ0v) is 11.3. The number of aliphatic hydroxyl groups excluding tert-OH is 2. The highest BCUT2D eigenvalue weighted by Gasteiger charge is 2.49. The fourth-order valence-electron chi connectivity index (χ4n) is 3.88. The van der Waals surface area contributed by atoms with Crippen LogP contribution in [0.4, 0.5) is 0 Å². The molecule has 0 aliphatic heterocycles. The Morgan fingerprint density at radius 1 is 1.41 bits per heavy atom. The molecule has 0 spiro atoms. The van der Waals surface area contributed by atoms with Crippen molar-refractivity contribution in [2.45, 2.75) is 52.6 Å². The molecule has 0 aromatic carbocycles. The second kappa shape index (κ2) is 4.74. The van der Waals surface area contributed by atoms with E-state index in [1.807, 2.05) is 0 Å². The number of aliphatic hydroxyl groups is 2. The molecule has 4 atom stereocenters. The maximum atomic E-state index is 10.4. The fraction of sp³-hybridized carbons (Fsp3) is 0.867. The lowest BCUT2D eigenvalue weighted by atomic mass is 9.71. The number of allylic oxidation sites excluding steroid dienone is 1. The Morgan fingerprint density at radius 2 is 2.12 bits per heavy atom. The van der Waals surface area contributed by atoms with E-state index in [-0.39, 0.29) is 18.1 Å². The highest BCUT2D eigenvalue weighted by Crippen LogP contribution is 2.54. The minimum Gasteiger partial charge on any atom is -0.393 e. The first kappa shape index (κ1) is 13.1.